The Hall–Kier alpha value is -1.15. The molecule has 3 unspecified atom stereocenters. The summed E-state index contributed by atoms with van der Waals surface area (Å²) < 4.78 is 11.4. The van der Waals surface area contributed by atoms with Gasteiger partial charge in [0.2, 0.25) is 6.29 Å². The number of aliphatic hydroxyl groups excluding tert-OH is 7. The van der Waals surface area contributed by atoms with Crippen molar-refractivity contribution in [3.63, 3.8) is 0 Å². The van der Waals surface area contributed by atoms with Crippen LogP contribution in [0.3, 0.4) is 0 Å². The molecule has 47 heavy (non-hydrogen) atoms. The summed E-state index contributed by atoms with van der Waals surface area (Å²) in [6.07, 6.45) is -4.87. The van der Waals surface area contributed by atoms with E-state index in [1.165, 1.54) is 0 Å². The Balaban J connectivity index is 1.41. The van der Waals surface area contributed by atoms with Crippen LogP contribution >= 0.6 is 0 Å². The number of esters is 1. The third-order valence-electron chi connectivity index (χ3n) is 15.4. The van der Waals surface area contributed by atoms with Crippen LogP contribution in [0.4, 0.5) is 0 Å². The largest absolute Gasteiger partial charge is 0.432 e. The molecule has 0 radical (unpaired) electrons. The summed E-state index contributed by atoms with van der Waals surface area (Å²) in [4.78, 5) is 14.5. The number of hydrogen-bond acceptors (Lipinski definition) is 11. The van der Waals surface area contributed by atoms with E-state index in [4.69, 9.17) is 9.47 Å². The van der Waals surface area contributed by atoms with Gasteiger partial charge in [0, 0.05) is 5.92 Å². The topological polar surface area (TPSA) is 197 Å². The standard InChI is InChI=1S/C36H58O11/c1-17-10-11-36(30(44)47-29-25(42)24(41)23(40)21(16-37)46-29)13-12-33(5)18(26(36)35(17,7)45)8-9-22-32(4)14-20(39)28(43)31(2,3)27(32)19(38)15-34(22,33)6/h8,17,19-29,37-43,45H,9-16H2,1-7H3/t17-,19?,20?,21-,22-,23-,24+,25-,26-,27+,28?,29+,32-,33-,34-,35-,36+/m1/s1. The zero-order valence-corrected chi connectivity index (χ0v) is 29.0. The van der Waals surface area contributed by atoms with Gasteiger partial charge in [0.15, 0.2) is 0 Å². The minimum absolute atomic E-state index is 0.0538. The number of carbonyl (C=O) groups excluding carboxylic acids is 1. The molecular formula is C36H58O11. The molecule has 0 bridgehead atoms. The first-order valence-electron chi connectivity index (χ1n) is 17.6. The Kier molecular flexibility index (Phi) is 8.48. The van der Waals surface area contributed by atoms with Crippen LogP contribution in [0.15, 0.2) is 11.6 Å². The molecule has 0 amide bonds. The fourth-order valence-electron chi connectivity index (χ4n) is 12.6. The Labute approximate surface area is 278 Å². The van der Waals surface area contributed by atoms with E-state index in [2.05, 4.69) is 26.8 Å². The summed E-state index contributed by atoms with van der Waals surface area (Å²) in [7, 11) is 0. The van der Waals surface area contributed by atoms with Crippen LogP contribution in [0, 0.1) is 50.7 Å². The highest BCUT2D eigenvalue weighted by atomic mass is 16.7. The van der Waals surface area contributed by atoms with E-state index >= 15 is 0 Å². The van der Waals surface area contributed by atoms with Crippen molar-refractivity contribution >= 4 is 5.97 Å². The maximum atomic E-state index is 14.5. The van der Waals surface area contributed by atoms with E-state index in [-0.39, 0.29) is 17.8 Å². The normalized spacial score (nSPS) is 57.0. The highest BCUT2D eigenvalue weighted by Gasteiger charge is 2.73. The Morgan fingerprint density at radius 2 is 1.57 bits per heavy atom. The molecule has 0 aromatic heterocycles. The molecule has 1 aliphatic heterocycles. The van der Waals surface area contributed by atoms with E-state index in [1.807, 2.05) is 20.8 Å². The van der Waals surface area contributed by atoms with Crippen molar-refractivity contribution in [2.24, 2.45) is 50.7 Å². The average Bonchev–Trinajstić information content (AvgIpc) is 2.98. The molecule has 8 N–H and O–H groups in total. The van der Waals surface area contributed by atoms with Gasteiger partial charge in [-0.15, -0.1) is 0 Å². The van der Waals surface area contributed by atoms with E-state index in [0.717, 1.165) is 5.57 Å². The molecule has 268 valence electrons. The molecular weight excluding hydrogens is 608 g/mol. The van der Waals surface area contributed by atoms with Gasteiger partial charge in [0.1, 0.15) is 24.4 Å². The second kappa shape index (κ2) is 11.2. The van der Waals surface area contributed by atoms with Gasteiger partial charge in [0.25, 0.3) is 0 Å². The number of carbonyl (C=O) groups is 1. The lowest BCUT2D eigenvalue weighted by Crippen LogP contribution is -2.71. The highest BCUT2D eigenvalue weighted by molar-refractivity contribution is 5.79. The van der Waals surface area contributed by atoms with Crippen molar-refractivity contribution in [3.8, 4) is 0 Å². The van der Waals surface area contributed by atoms with Gasteiger partial charge in [-0.05, 0) is 91.3 Å². The number of hydrogen-bond donors (Lipinski definition) is 8. The lowest BCUT2D eigenvalue weighted by atomic mass is 9.32. The maximum Gasteiger partial charge on any atom is 0.315 e. The molecule has 6 aliphatic rings. The van der Waals surface area contributed by atoms with Crippen LogP contribution in [0.1, 0.15) is 93.4 Å². The molecule has 11 nitrogen and oxygen atoms in total. The summed E-state index contributed by atoms with van der Waals surface area (Å²) in [5, 5.41) is 87.6. The molecule has 5 aliphatic carbocycles. The van der Waals surface area contributed by atoms with E-state index in [9.17, 15) is 45.6 Å². The molecule has 4 saturated carbocycles. The zero-order valence-electron chi connectivity index (χ0n) is 29.0. The lowest BCUT2D eigenvalue weighted by Gasteiger charge is -2.72. The predicted octanol–water partition coefficient (Wildman–Crippen LogP) is 1.40. The summed E-state index contributed by atoms with van der Waals surface area (Å²) in [6.45, 7) is 13.6. The van der Waals surface area contributed by atoms with Crippen molar-refractivity contribution < 1.29 is 55.1 Å². The van der Waals surface area contributed by atoms with Gasteiger partial charge in [-0.3, -0.25) is 4.79 Å². The summed E-state index contributed by atoms with van der Waals surface area (Å²) in [6, 6.07) is 0. The van der Waals surface area contributed by atoms with Crippen LogP contribution in [-0.4, -0.2) is 108 Å². The first-order valence-corrected chi connectivity index (χ1v) is 17.6. The van der Waals surface area contributed by atoms with Gasteiger partial charge in [-0.25, -0.2) is 0 Å². The maximum absolute atomic E-state index is 14.5. The molecule has 5 fully saturated rings. The fourth-order valence-corrected chi connectivity index (χ4v) is 12.6. The Morgan fingerprint density at radius 3 is 2.21 bits per heavy atom. The van der Waals surface area contributed by atoms with Gasteiger partial charge < -0.3 is 50.3 Å². The smallest absolute Gasteiger partial charge is 0.315 e. The van der Waals surface area contributed by atoms with E-state index in [1.54, 1.807) is 6.92 Å². The fraction of sp³-hybridized carbons (Fsp3) is 0.917. The molecule has 1 heterocycles. The summed E-state index contributed by atoms with van der Waals surface area (Å²) in [5.41, 5.74) is -3.71. The van der Waals surface area contributed by atoms with Gasteiger partial charge in [-0.1, -0.05) is 53.2 Å². The SMILES string of the molecule is C[C@@H]1CC[C@]2(C(=O)O[C@@H]3O[C@H](CO)[C@@H](O)[C@H](O)[C@H]3O)CC[C@]3(C)C(=CC[C@@H]4[C@@]5(C)CC(O)C(O)C(C)(C)[C@@H]5C(O)C[C@]43C)[C@@H]2[C@]1(C)O. The van der Waals surface area contributed by atoms with Crippen LogP contribution in [0.25, 0.3) is 0 Å². The Morgan fingerprint density at radius 1 is 0.915 bits per heavy atom. The first-order chi connectivity index (χ1) is 21.6. The minimum atomic E-state index is -1.73. The van der Waals surface area contributed by atoms with Crippen molar-refractivity contribution in [3.05, 3.63) is 11.6 Å². The quantitative estimate of drug-likeness (QED) is 0.160. The zero-order chi connectivity index (χ0) is 34.9. The number of rotatable bonds is 3. The molecule has 11 heteroatoms. The second-order valence-corrected chi connectivity index (χ2v) is 17.8. The van der Waals surface area contributed by atoms with Crippen molar-refractivity contribution in [2.45, 2.75) is 148 Å². The van der Waals surface area contributed by atoms with Crippen LogP contribution in [0.2, 0.25) is 0 Å². The number of aliphatic hydroxyl groups is 8. The second-order valence-electron chi connectivity index (χ2n) is 17.8. The summed E-state index contributed by atoms with van der Waals surface area (Å²) in [5.74, 6) is -1.64. The van der Waals surface area contributed by atoms with Crippen LogP contribution < -0.4 is 0 Å². The van der Waals surface area contributed by atoms with Crippen LogP contribution in [-0.2, 0) is 14.3 Å². The third-order valence-corrected chi connectivity index (χ3v) is 15.4. The van der Waals surface area contributed by atoms with Gasteiger partial charge >= 0.3 is 5.97 Å². The summed E-state index contributed by atoms with van der Waals surface area (Å²) >= 11 is 0. The molecule has 0 aromatic carbocycles. The molecule has 17 atom stereocenters. The third kappa shape index (κ3) is 4.60. The monoisotopic (exact) mass is 666 g/mol. The highest BCUT2D eigenvalue weighted by Crippen LogP contribution is 2.76. The molecule has 1 saturated heterocycles. The van der Waals surface area contributed by atoms with Crippen molar-refractivity contribution in [1.29, 1.82) is 0 Å². The Bertz CT molecular complexity index is 1280. The van der Waals surface area contributed by atoms with E-state index < -0.39 is 100 Å². The van der Waals surface area contributed by atoms with Gasteiger partial charge in [0.05, 0.1) is 35.9 Å². The van der Waals surface area contributed by atoms with Crippen molar-refractivity contribution in [2.75, 3.05) is 6.61 Å². The molecule has 6 rings (SSSR count). The van der Waals surface area contributed by atoms with Crippen molar-refractivity contribution in [1.82, 2.24) is 0 Å². The predicted molar refractivity (Wildman–Crippen MR) is 169 cm³/mol. The average molecular weight is 667 g/mol. The number of fused-ring (bicyclic) bond motifs is 7. The van der Waals surface area contributed by atoms with Gasteiger partial charge in [-0.2, -0.15) is 0 Å². The lowest BCUT2D eigenvalue weighted by molar-refractivity contribution is -0.299. The minimum Gasteiger partial charge on any atom is -0.432 e. The molecule has 0 aromatic rings. The number of allylic oxidation sites excluding steroid dienone is 1. The number of ether oxygens (including phenoxy) is 2. The van der Waals surface area contributed by atoms with Crippen LogP contribution in [0.5, 0.6) is 0 Å². The molecule has 0 spiro atoms. The van der Waals surface area contributed by atoms with E-state index in [0.29, 0.717) is 44.9 Å². The first kappa shape index (κ1) is 35.7.